The average Bonchev–Trinajstić information content (AvgIpc) is 3.52. The highest BCUT2D eigenvalue weighted by atomic mass is 32.2. The lowest BCUT2D eigenvalue weighted by molar-refractivity contribution is -0.157. The molecule has 2 aliphatic heterocycles. The Morgan fingerprint density at radius 3 is 3.00 bits per heavy atom. The Balaban J connectivity index is 1.42. The molecule has 4 rings (SSSR count). The maximum Gasteiger partial charge on any atom is 0.313 e. The van der Waals surface area contributed by atoms with Gasteiger partial charge < -0.3 is 25.9 Å². The summed E-state index contributed by atoms with van der Waals surface area (Å²) >= 11 is 3.69. The fourth-order valence-corrected chi connectivity index (χ4v) is 7.04. The van der Waals surface area contributed by atoms with E-state index in [9.17, 15) is 19.5 Å². The molecule has 0 saturated carbocycles. The Labute approximate surface area is 224 Å². The number of oxime groups is 1. The molecule has 2 amide bonds. The molecular weight excluding hydrogens is 542 g/mol. The van der Waals surface area contributed by atoms with E-state index >= 15 is 0 Å². The SMILES string of the molecule is C=CCON=C(C(=O)NC1C(=O)N2CC(CSc3nnnn3CCC)(C(=O)O)CS[C@H]12)c1csc(N)n1. The van der Waals surface area contributed by atoms with Crippen molar-refractivity contribution >= 4 is 63.5 Å². The van der Waals surface area contributed by atoms with Gasteiger partial charge in [0, 0.05) is 30.0 Å². The molecule has 2 saturated heterocycles. The van der Waals surface area contributed by atoms with Crippen LogP contribution in [0.1, 0.15) is 19.0 Å². The third-order valence-corrected chi connectivity index (χ3v) is 9.13. The number of hydrogen-bond donors (Lipinski definition) is 3. The van der Waals surface area contributed by atoms with Crippen molar-refractivity contribution in [1.82, 2.24) is 35.4 Å². The van der Waals surface area contributed by atoms with E-state index < -0.39 is 28.7 Å². The monoisotopic (exact) mass is 567 g/mol. The van der Waals surface area contributed by atoms with Crippen LogP contribution >= 0.6 is 34.9 Å². The number of thiazole rings is 1. The first kappa shape index (κ1) is 26.9. The molecule has 2 aliphatic rings. The van der Waals surface area contributed by atoms with E-state index in [4.69, 9.17) is 10.6 Å². The number of nitrogens with two attached hydrogens (primary N) is 1. The standard InChI is InChI=1S/C20H25N9O5S3/c1-3-5-29-19(24-26-27-29)37-10-20(17(32)33)8-28-15(31)13(16(28)36-9-20)23-14(30)12(25-34-6-4-2)11-7-35-18(21)22-11/h4,7,13,16H,2-3,5-6,8-10H2,1H3,(H2,21,22)(H,23,30)(H,32,33)/t13?,16-,20?/m1/s1. The molecule has 0 radical (unpaired) electrons. The molecule has 2 aromatic rings. The minimum Gasteiger partial charge on any atom is -0.481 e. The van der Waals surface area contributed by atoms with Gasteiger partial charge in [0.2, 0.25) is 11.1 Å². The second kappa shape index (κ2) is 11.5. The molecule has 17 heteroatoms. The fourth-order valence-electron chi connectivity index (χ4n) is 3.73. The number of carboxylic acid groups (broad SMARTS) is 1. The van der Waals surface area contributed by atoms with Crippen molar-refractivity contribution in [3.63, 3.8) is 0 Å². The van der Waals surface area contributed by atoms with Crippen LogP contribution in [0.15, 0.2) is 28.3 Å². The van der Waals surface area contributed by atoms with Crippen molar-refractivity contribution in [3.05, 3.63) is 23.7 Å². The molecule has 37 heavy (non-hydrogen) atoms. The molecule has 198 valence electrons. The maximum atomic E-state index is 13.0. The second-order valence-electron chi connectivity index (χ2n) is 8.27. The summed E-state index contributed by atoms with van der Waals surface area (Å²) in [6.45, 7) is 6.24. The molecule has 2 aromatic heterocycles. The summed E-state index contributed by atoms with van der Waals surface area (Å²) < 4.78 is 1.63. The Bertz CT molecular complexity index is 1220. The van der Waals surface area contributed by atoms with Crippen molar-refractivity contribution in [2.24, 2.45) is 10.6 Å². The summed E-state index contributed by atoms with van der Waals surface area (Å²) in [5.74, 6) is -1.59. The number of thioether (sulfide) groups is 2. The zero-order valence-electron chi connectivity index (χ0n) is 19.8. The number of β-lactam (4-membered cyclic amide) rings is 1. The van der Waals surface area contributed by atoms with E-state index in [1.54, 1.807) is 10.1 Å². The van der Waals surface area contributed by atoms with E-state index in [-0.39, 0.29) is 47.1 Å². The van der Waals surface area contributed by atoms with Crippen molar-refractivity contribution in [2.45, 2.75) is 36.5 Å². The molecule has 0 bridgehead atoms. The zero-order valence-corrected chi connectivity index (χ0v) is 22.2. The predicted octanol–water partition coefficient (Wildman–Crippen LogP) is 0.292. The number of anilines is 1. The van der Waals surface area contributed by atoms with Crippen molar-refractivity contribution in [1.29, 1.82) is 0 Å². The van der Waals surface area contributed by atoms with Gasteiger partial charge in [-0.2, -0.15) is 0 Å². The van der Waals surface area contributed by atoms with Crippen LogP contribution in [-0.2, 0) is 25.8 Å². The molecule has 0 aliphatic carbocycles. The van der Waals surface area contributed by atoms with Gasteiger partial charge in [-0.15, -0.1) is 28.2 Å². The van der Waals surface area contributed by atoms with Crippen molar-refractivity contribution < 1.29 is 24.3 Å². The van der Waals surface area contributed by atoms with Crippen LogP contribution in [0.3, 0.4) is 0 Å². The second-order valence-corrected chi connectivity index (χ2v) is 11.2. The lowest BCUT2D eigenvalue weighted by Crippen LogP contribution is -2.74. The number of carbonyl (C=O) groups is 3. The maximum absolute atomic E-state index is 13.0. The van der Waals surface area contributed by atoms with E-state index in [0.717, 1.165) is 17.8 Å². The van der Waals surface area contributed by atoms with Crippen molar-refractivity contribution in [2.75, 3.05) is 30.4 Å². The summed E-state index contributed by atoms with van der Waals surface area (Å²) in [5, 5.41) is 30.1. The molecule has 4 N–H and O–H groups in total. The molecule has 0 aromatic carbocycles. The topological polar surface area (TPSA) is 191 Å². The van der Waals surface area contributed by atoms with Gasteiger partial charge in [-0.25, -0.2) is 9.67 Å². The number of nitrogen functional groups attached to an aromatic ring is 1. The Hall–Kier alpha value is -3.18. The lowest BCUT2D eigenvalue weighted by Gasteiger charge is -2.53. The van der Waals surface area contributed by atoms with Gasteiger partial charge >= 0.3 is 5.97 Å². The van der Waals surface area contributed by atoms with Crippen LogP contribution in [0.2, 0.25) is 0 Å². The van der Waals surface area contributed by atoms with Crippen LogP contribution in [0.25, 0.3) is 0 Å². The first-order chi connectivity index (χ1) is 17.8. The first-order valence-corrected chi connectivity index (χ1v) is 14.1. The summed E-state index contributed by atoms with van der Waals surface area (Å²) in [5.41, 5.74) is 4.59. The Morgan fingerprint density at radius 1 is 1.51 bits per heavy atom. The lowest BCUT2D eigenvalue weighted by atomic mass is 9.89. The molecule has 3 atom stereocenters. The van der Waals surface area contributed by atoms with Gasteiger partial charge in [0.25, 0.3) is 5.91 Å². The number of nitrogens with zero attached hydrogens (tertiary/aromatic N) is 7. The van der Waals surface area contributed by atoms with Gasteiger partial charge in [0.05, 0.1) is 0 Å². The highest BCUT2D eigenvalue weighted by molar-refractivity contribution is 8.00. The number of amides is 2. The summed E-state index contributed by atoms with van der Waals surface area (Å²) in [6.07, 6.45) is 2.30. The third-order valence-electron chi connectivity index (χ3n) is 5.63. The number of tetrazole rings is 1. The minimum absolute atomic E-state index is 0.0135. The van der Waals surface area contributed by atoms with Crippen LogP contribution in [-0.4, -0.2) is 94.8 Å². The highest BCUT2D eigenvalue weighted by Gasteiger charge is 2.57. The normalized spacial score (nSPS) is 23.2. The molecular formula is C20H25N9O5S3. The Kier molecular flexibility index (Phi) is 8.33. The highest BCUT2D eigenvalue weighted by Crippen LogP contribution is 2.44. The smallest absolute Gasteiger partial charge is 0.313 e. The fraction of sp³-hybridized carbons (Fsp3) is 0.500. The van der Waals surface area contributed by atoms with E-state index in [0.29, 0.717) is 11.7 Å². The largest absolute Gasteiger partial charge is 0.481 e. The van der Waals surface area contributed by atoms with Gasteiger partial charge in [-0.1, -0.05) is 36.5 Å². The summed E-state index contributed by atoms with van der Waals surface area (Å²) in [7, 11) is 0. The number of fused-ring (bicyclic) bond motifs is 1. The van der Waals surface area contributed by atoms with E-state index in [1.165, 1.54) is 34.5 Å². The number of carboxylic acids is 1. The van der Waals surface area contributed by atoms with Gasteiger partial charge in [0.1, 0.15) is 29.1 Å². The molecule has 14 nitrogen and oxygen atoms in total. The van der Waals surface area contributed by atoms with Crippen molar-refractivity contribution in [3.8, 4) is 0 Å². The first-order valence-electron chi connectivity index (χ1n) is 11.2. The van der Waals surface area contributed by atoms with Crippen LogP contribution < -0.4 is 11.1 Å². The van der Waals surface area contributed by atoms with Crippen LogP contribution in [0, 0.1) is 5.41 Å². The third kappa shape index (κ3) is 5.57. The van der Waals surface area contributed by atoms with E-state index in [1.807, 2.05) is 6.92 Å². The van der Waals surface area contributed by atoms with Gasteiger partial charge in [-0.3, -0.25) is 14.4 Å². The average molecular weight is 568 g/mol. The van der Waals surface area contributed by atoms with Gasteiger partial charge in [-0.05, 0) is 16.8 Å². The molecule has 0 spiro atoms. The number of nitrogens with one attached hydrogen (secondary N) is 1. The number of hydrogen-bond acceptors (Lipinski definition) is 13. The van der Waals surface area contributed by atoms with Gasteiger partial charge in [0.15, 0.2) is 10.8 Å². The molecule has 2 unspecified atom stereocenters. The number of aliphatic carboxylic acids is 1. The predicted molar refractivity (Wildman–Crippen MR) is 138 cm³/mol. The number of aryl methyl sites for hydroxylation is 1. The number of aromatic nitrogens is 5. The zero-order chi connectivity index (χ0) is 26.6. The Morgan fingerprint density at radius 2 is 2.32 bits per heavy atom. The van der Waals surface area contributed by atoms with Crippen LogP contribution in [0.5, 0.6) is 0 Å². The quantitative estimate of drug-likeness (QED) is 0.0794. The van der Waals surface area contributed by atoms with E-state index in [2.05, 4.69) is 37.6 Å². The number of carbonyl (C=O) groups excluding carboxylic acids is 2. The number of rotatable bonds is 12. The van der Waals surface area contributed by atoms with Crippen LogP contribution in [0.4, 0.5) is 5.13 Å². The summed E-state index contributed by atoms with van der Waals surface area (Å²) in [6, 6.07) is -0.839. The summed E-state index contributed by atoms with van der Waals surface area (Å²) in [4.78, 5) is 48.9. The molecule has 4 heterocycles. The minimum atomic E-state index is -1.19. The molecule has 2 fully saturated rings.